The quantitative estimate of drug-likeness (QED) is 0.414. The van der Waals surface area contributed by atoms with Crippen LogP contribution in [0.15, 0.2) is 0 Å². The molecular formula is C7H14BN. The van der Waals surface area contributed by atoms with Gasteiger partial charge in [0.1, 0.15) is 7.85 Å². The summed E-state index contributed by atoms with van der Waals surface area (Å²) in [5.74, 6) is 1.03. The molecule has 50 valence electrons. The van der Waals surface area contributed by atoms with Crippen molar-refractivity contribution in [2.75, 3.05) is 20.1 Å². The third-order valence-electron chi connectivity index (χ3n) is 2.77. The summed E-state index contributed by atoms with van der Waals surface area (Å²) in [6.45, 7) is 2.74. The molecule has 1 saturated carbocycles. The molecule has 1 spiro atoms. The van der Waals surface area contributed by atoms with Gasteiger partial charge in [-0.15, -0.1) is 0 Å². The molecule has 0 N–H and O–H groups in total. The lowest BCUT2D eigenvalue weighted by atomic mass is 9.52. The van der Waals surface area contributed by atoms with E-state index in [9.17, 15) is 0 Å². The van der Waals surface area contributed by atoms with Crippen LogP contribution in [0.1, 0.15) is 12.8 Å². The second kappa shape index (κ2) is 1.54. The van der Waals surface area contributed by atoms with Crippen LogP contribution < -0.4 is 0 Å². The summed E-state index contributed by atoms with van der Waals surface area (Å²) < 4.78 is 0. The van der Waals surface area contributed by atoms with Crippen molar-refractivity contribution in [3.8, 4) is 0 Å². The number of hydrogen-bond donors (Lipinski definition) is 0. The zero-order valence-electron chi connectivity index (χ0n) is 6.35. The van der Waals surface area contributed by atoms with E-state index >= 15 is 0 Å². The summed E-state index contributed by atoms with van der Waals surface area (Å²) in [4.78, 5) is 2.42. The molecule has 0 atom stereocenters. The molecule has 1 heterocycles. The molecule has 0 amide bonds. The molecule has 0 bridgehead atoms. The van der Waals surface area contributed by atoms with Crippen molar-refractivity contribution in [2.45, 2.75) is 18.7 Å². The Morgan fingerprint density at radius 2 is 2.00 bits per heavy atom. The van der Waals surface area contributed by atoms with E-state index in [0.717, 1.165) is 11.2 Å². The summed E-state index contributed by atoms with van der Waals surface area (Å²) >= 11 is 0. The van der Waals surface area contributed by atoms with Crippen LogP contribution >= 0.6 is 0 Å². The van der Waals surface area contributed by atoms with E-state index in [0.29, 0.717) is 0 Å². The Morgan fingerprint density at radius 3 is 2.33 bits per heavy atom. The lowest BCUT2D eigenvalue weighted by Crippen LogP contribution is -2.59. The van der Waals surface area contributed by atoms with Crippen molar-refractivity contribution in [1.82, 2.24) is 4.90 Å². The smallest absolute Gasteiger partial charge is 0.105 e. The average molecular weight is 123 g/mol. The van der Waals surface area contributed by atoms with Crippen molar-refractivity contribution in [1.29, 1.82) is 0 Å². The largest absolute Gasteiger partial charge is 0.305 e. The lowest BCUT2D eigenvalue weighted by molar-refractivity contribution is -0.0427. The van der Waals surface area contributed by atoms with Crippen LogP contribution in [-0.2, 0) is 0 Å². The minimum absolute atomic E-state index is 0.814. The molecule has 1 aliphatic carbocycles. The van der Waals surface area contributed by atoms with Gasteiger partial charge in [-0.3, -0.25) is 0 Å². The zero-order chi connectivity index (χ0) is 6.48. The normalized spacial score (nSPS) is 33.9. The molecule has 0 unspecified atom stereocenters. The summed E-state index contributed by atoms with van der Waals surface area (Å²) in [6.07, 6.45) is 2.99. The maximum absolute atomic E-state index is 2.42. The van der Waals surface area contributed by atoms with Gasteiger partial charge in [0.05, 0.1) is 0 Å². The Morgan fingerprint density at radius 1 is 1.44 bits per heavy atom. The van der Waals surface area contributed by atoms with E-state index in [2.05, 4.69) is 19.8 Å². The third-order valence-corrected chi connectivity index (χ3v) is 2.77. The van der Waals surface area contributed by atoms with Crippen molar-refractivity contribution in [3.05, 3.63) is 0 Å². The van der Waals surface area contributed by atoms with E-state index in [-0.39, 0.29) is 0 Å². The van der Waals surface area contributed by atoms with Crippen LogP contribution in [0.5, 0.6) is 0 Å². The van der Waals surface area contributed by atoms with Gasteiger partial charge in [0.15, 0.2) is 0 Å². The summed E-state index contributed by atoms with van der Waals surface area (Å²) in [6, 6.07) is 0. The molecule has 9 heavy (non-hydrogen) atoms. The molecule has 1 saturated heterocycles. The van der Waals surface area contributed by atoms with Gasteiger partial charge in [0.2, 0.25) is 0 Å². The number of likely N-dealkylation sites (tertiary alicyclic amines) is 1. The summed E-state index contributed by atoms with van der Waals surface area (Å²) in [7, 11) is 4.58. The molecule has 0 aromatic heterocycles. The Bertz CT molecular complexity index is 103. The molecule has 2 fully saturated rings. The Kier molecular flexibility index (Phi) is 0.991. The van der Waals surface area contributed by atoms with Crippen molar-refractivity contribution in [3.63, 3.8) is 0 Å². The van der Waals surface area contributed by atoms with Crippen LogP contribution in [0.3, 0.4) is 0 Å². The van der Waals surface area contributed by atoms with Gasteiger partial charge >= 0.3 is 0 Å². The molecule has 2 heteroatoms. The number of rotatable bonds is 0. The summed E-state index contributed by atoms with van der Waals surface area (Å²) in [5.41, 5.74) is 0.814. The van der Waals surface area contributed by atoms with E-state index < -0.39 is 0 Å². The van der Waals surface area contributed by atoms with Crippen molar-refractivity contribution < 1.29 is 0 Å². The van der Waals surface area contributed by atoms with E-state index in [1.165, 1.54) is 25.9 Å². The Labute approximate surface area is 57.8 Å². The highest BCUT2D eigenvalue weighted by Crippen LogP contribution is 2.52. The van der Waals surface area contributed by atoms with Crippen molar-refractivity contribution in [2.24, 2.45) is 5.41 Å². The monoisotopic (exact) mass is 123 g/mol. The predicted molar refractivity (Wildman–Crippen MR) is 41.5 cm³/mol. The number of hydrogen-bond acceptors (Lipinski definition) is 1. The van der Waals surface area contributed by atoms with Crippen molar-refractivity contribution >= 4 is 7.85 Å². The lowest BCUT2D eigenvalue weighted by Gasteiger charge is -2.58. The van der Waals surface area contributed by atoms with Gasteiger partial charge in [-0.05, 0) is 25.3 Å². The Balaban J connectivity index is 1.87. The van der Waals surface area contributed by atoms with Crippen LogP contribution in [0.4, 0.5) is 0 Å². The first-order chi connectivity index (χ1) is 4.20. The van der Waals surface area contributed by atoms with Gasteiger partial charge in [-0.25, -0.2) is 0 Å². The number of nitrogens with zero attached hydrogens (tertiary/aromatic N) is 1. The fourth-order valence-electron chi connectivity index (χ4n) is 2.78. The topological polar surface area (TPSA) is 3.24 Å². The molecule has 0 aromatic carbocycles. The van der Waals surface area contributed by atoms with Crippen LogP contribution in [0.2, 0.25) is 5.82 Å². The average Bonchev–Trinajstić information content (AvgIpc) is 1.58. The Hall–Kier alpha value is 0.0249. The van der Waals surface area contributed by atoms with Gasteiger partial charge in [0.25, 0.3) is 0 Å². The first kappa shape index (κ1) is 5.78. The molecular weight excluding hydrogens is 109 g/mol. The third kappa shape index (κ3) is 0.726. The first-order valence-electron chi connectivity index (χ1n) is 3.89. The zero-order valence-corrected chi connectivity index (χ0v) is 6.35. The fourth-order valence-corrected chi connectivity index (χ4v) is 2.78. The molecule has 2 rings (SSSR count). The molecule has 1 nitrogen and oxygen atoms in total. The summed E-state index contributed by atoms with van der Waals surface area (Å²) in [5, 5.41) is 0. The first-order valence-corrected chi connectivity index (χ1v) is 3.89. The maximum Gasteiger partial charge on any atom is 0.105 e. The second-order valence-electron chi connectivity index (χ2n) is 4.19. The minimum Gasteiger partial charge on any atom is -0.305 e. The van der Waals surface area contributed by atoms with E-state index in [1.807, 2.05) is 0 Å². The molecule has 0 radical (unpaired) electrons. The minimum atomic E-state index is 0.814. The molecule has 0 aromatic rings. The van der Waals surface area contributed by atoms with Gasteiger partial charge in [-0.2, -0.15) is 0 Å². The standard InChI is InChI=1S/C7H14BN/c1-9-4-7(5-9)2-6(8)3-7/h6H,2-5,8H2,1H3. The maximum atomic E-state index is 2.42. The SMILES string of the molecule is BC1CC2(C1)CN(C)C2. The highest BCUT2D eigenvalue weighted by molar-refractivity contribution is 6.12. The van der Waals surface area contributed by atoms with Gasteiger partial charge < -0.3 is 4.90 Å². The fraction of sp³-hybridized carbons (Fsp3) is 1.00. The van der Waals surface area contributed by atoms with Crippen LogP contribution in [0, 0.1) is 5.41 Å². The predicted octanol–water partition coefficient (Wildman–Crippen LogP) is 0.134. The van der Waals surface area contributed by atoms with Crippen LogP contribution in [0.25, 0.3) is 0 Å². The second-order valence-corrected chi connectivity index (χ2v) is 4.19. The highest BCUT2D eigenvalue weighted by Gasteiger charge is 2.48. The van der Waals surface area contributed by atoms with Crippen LogP contribution in [-0.4, -0.2) is 32.9 Å². The highest BCUT2D eigenvalue weighted by atomic mass is 15.2. The van der Waals surface area contributed by atoms with E-state index in [4.69, 9.17) is 0 Å². The van der Waals surface area contributed by atoms with E-state index in [1.54, 1.807) is 0 Å². The van der Waals surface area contributed by atoms with Gasteiger partial charge in [0, 0.05) is 13.1 Å². The molecule has 1 aliphatic heterocycles. The van der Waals surface area contributed by atoms with Gasteiger partial charge in [-0.1, -0.05) is 5.82 Å². The molecule has 2 aliphatic rings.